The van der Waals surface area contributed by atoms with Crippen molar-refractivity contribution < 1.29 is 34.2 Å². The number of nitrogens with zero attached hydrogens (tertiary/aromatic N) is 2. The number of pyridine rings is 1. The number of benzene rings is 1. The number of amides is 1. The number of carbonyl (C=O) groups is 5. The fourth-order valence-corrected chi connectivity index (χ4v) is 6.94. The summed E-state index contributed by atoms with van der Waals surface area (Å²) in [4.78, 5) is 72.7. The molecule has 3 unspecified atom stereocenters. The molecule has 4 N–H and O–H groups in total. The number of ketones is 4. The molecular weight excluding hydrogens is 502 g/mol. The predicted molar refractivity (Wildman–Crippen MR) is 139 cm³/mol. The molecule has 204 valence electrons. The summed E-state index contributed by atoms with van der Waals surface area (Å²) in [5, 5.41) is 22.9. The fourth-order valence-electron chi connectivity index (χ4n) is 6.94. The van der Waals surface area contributed by atoms with Crippen LogP contribution < -0.4 is 5.73 Å². The molecule has 0 saturated heterocycles. The highest BCUT2D eigenvalue weighted by Crippen LogP contribution is 2.52. The Labute approximate surface area is 225 Å². The Balaban J connectivity index is 1.70. The van der Waals surface area contributed by atoms with Gasteiger partial charge < -0.3 is 15.9 Å². The first-order chi connectivity index (χ1) is 18.4. The second-order valence-electron chi connectivity index (χ2n) is 11.0. The Kier molecular flexibility index (Phi) is 6.51. The van der Waals surface area contributed by atoms with E-state index in [0.29, 0.717) is 35.2 Å². The standard InChI is InChI=1S/C29H31N3O7/c1-4-7-13-10-15(18-8-5-6-9-31-18)16-11-14-12-17-22(32(2)3)25(35)21(28(30)38)27(37)29(17,39)26(36)19(14)24(34)20(16)23(13)33/h5-6,8-10,14,17,19,21-22,33,39H,4,7,11-12H2,1-3H3,(H2,30,38)/t14-,17-,19?,21?,22?,29+/m0/s1. The molecule has 3 aliphatic carbocycles. The molecule has 39 heavy (non-hydrogen) atoms. The van der Waals surface area contributed by atoms with Gasteiger partial charge in [-0.25, -0.2) is 0 Å². The number of nitrogens with two attached hydrogens (primary N) is 1. The number of likely N-dealkylation sites (N-methyl/N-ethyl adjacent to an activating group) is 1. The predicted octanol–water partition coefficient (Wildman–Crippen LogP) is 0.881. The van der Waals surface area contributed by atoms with Gasteiger partial charge >= 0.3 is 0 Å². The summed E-state index contributed by atoms with van der Waals surface area (Å²) in [5.74, 6) is -10.5. The number of hydrogen-bond acceptors (Lipinski definition) is 9. The molecule has 0 spiro atoms. The number of fused-ring (bicyclic) bond motifs is 3. The first kappa shape index (κ1) is 26.8. The summed E-state index contributed by atoms with van der Waals surface area (Å²) < 4.78 is 0. The maximum absolute atomic E-state index is 14.0. The van der Waals surface area contributed by atoms with Crippen LogP contribution >= 0.6 is 0 Å². The quantitative estimate of drug-likeness (QED) is 0.473. The van der Waals surface area contributed by atoms with Gasteiger partial charge in [-0.15, -0.1) is 0 Å². The Hall–Kier alpha value is -3.76. The average molecular weight is 534 g/mol. The number of aromatic nitrogens is 1. The second-order valence-corrected chi connectivity index (χ2v) is 11.0. The van der Waals surface area contributed by atoms with Crippen molar-refractivity contribution in [1.82, 2.24) is 9.88 Å². The monoisotopic (exact) mass is 533 g/mol. The number of phenolic OH excluding ortho intramolecular Hbond substituents is 1. The summed E-state index contributed by atoms with van der Waals surface area (Å²) in [6.07, 6.45) is 2.99. The van der Waals surface area contributed by atoms with Gasteiger partial charge in [-0.05, 0) is 68.6 Å². The molecule has 10 heteroatoms. The van der Waals surface area contributed by atoms with E-state index in [0.717, 1.165) is 0 Å². The highest BCUT2D eigenvalue weighted by molar-refractivity contribution is 6.32. The number of aromatic hydroxyl groups is 1. The van der Waals surface area contributed by atoms with E-state index in [1.165, 1.54) is 4.90 Å². The van der Waals surface area contributed by atoms with Gasteiger partial charge in [-0.3, -0.25) is 33.9 Å². The molecule has 1 aromatic carbocycles. The van der Waals surface area contributed by atoms with E-state index in [2.05, 4.69) is 4.98 Å². The summed E-state index contributed by atoms with van der Waals surface area (Å²) in [5.41, 5.74) is 4.97. The van der Waals surface area contributed by atoms with Crippen molar-refractivity contribution in [3.63, 3.8) is 0 Å². The smallest absolute Gasteiger partial charge is 0.235 e. The molecule has 3 aliphatic rings. The Morgan fingerprint density at radius 1 is 1.18 bits per heavy atom. The topological polar surface area (TPSA) is 168 Å². The zero-order chi connectivity index (χ0) is 28.4. The van der Waals surface area contributed by atoms with Crippen LogP contribution in [0.2, 0.25) is 0 Å². The van der Waals surface area contributed by atoms with Crippen LogP contribution in [0.1, 0.15) is 41.3 Å². The van der Waals surface area contributed by atoms with Crippen LogP contribution in [0.3, 0.4) is 0 Å². The molecule has 2 fully saturated rings. The van der Waals surface area contributed by atoms with Crippen molar-refractivity contribution in [3.05, 3.63) is 47.2 Å². The molecule has 1 heterocycles. The average Bonchev–Trinajstić information content (AvgIpc) is 2.88. The minimum atomic E-state index is -2.74. The van der Waals surface area contributed by atoms with Gasteiger partial charge in [-0.2, -0.15) is 0 Å². The molecular formula is C29H31N3O7. The molecule has 2 aromatic rings. The first-order valence-electron chi connectivity index (χ1n) is 13.1. The van der Waals surface area contributed by atoms with Gasteiger partial charge in [0.05, 0.1) is 23.2 Å². The summed E-state index contributed by atoms with van der Waals surface area (Å²) >= 11 is 0. The molecule has 0 bridgehead atoms. The van der Waals surface area contributed by atoms with Crippen LogP contribution in [0, 0.1) is 23.7 Å². The van der Waals surface area contributed by atoms with Crippen LogP contribution in [-0.4, -0.2) is 74.9 Å². The number of rotatable bonds is 5. The summed E-state index contributed by atoms with van der Waals surface area (Å²) in [7, 11) is 3.11. The zero-order valence-corrected chi connectivity index (χ0v) is 22.0. The van der Waals surface area contributed by atoms with E-state index in [9.17, 15) is 34.2 Å². The summed E-state index contributed by atoms with van der Waals surface area (Å²) in [6, 6.07) is 6.07. The highest BCUT2D eigenvalue weighted by Gasteiger charge is 2.69. The van der Waals surface area contributed by atoms with Crippen LogP contribution in [0.4, 0.5) is 0 Å². The van der Waals surface area contributed by atoms with Gasteiger partial charge in [0, 0.05) is 17.7 Å². The van der Waals surface area contributed by atoms with Crippen molar-refractivity contribution in [3.8, 4) is 17.0 Å². The minimum absolute atomic E-state index is 0.00300. The molecule has 1 aromatic heterocycles. The number of aryl methyl sites for hydroxylation is 1. The SMILES string of the molecule is CCCc1cc(-c2ccccn2)c2c(c1O)C(=O)C1C(=O)[C@@]3(O)C(=O)C(C(N)=O)C(=O)C(N(C)C)[C@@H]3C[C@@H]1C2. The Morgan fingerprint density at radius 3 is 2.49 bits per heavy atom. The Bertz CT molecular complexity index is 1420. The number of Topliss-reactive ketones (excluding diaryl/α,β-unsaturated/α-hetero) is 4. The maximum atomic E-state index is 14.0. The lowest BCUT2D eigenvalue weighted by molar-refractivity contribution is -0.181. The van der Waals surface area contributed by atoms with Crippen LogP contribution in [0.25, 0.3) is 11.3 Å². The molecule has 6 atom stereocenters. The van der Waals surface area contributed by atoms with Gasteiger partial charge in [0.25, 0.3) is 0 Å². The van der Waals surface area contributed by atoms with Crippen molar-refractivity contribution in [2.75, 3.05) is 14.1 Å². The molecule has 0 radical (unpaired) electrons. The first-order valence-corrected chi connectivity index (χ1v) is 13.1. The molecule has 2 saturated carbocycles. The van der Waals surface area contributed by atoms with Crippen molar-refractivity contribution in [1.29, 1.82) is 0 Å². The largest absolute Gasteiger partial charge is 0.507 e. The van der Waals surface area contributed by atoms with Crippen LogP contribution in [0.5, 0.6) is 5.75 Å². The normalized spacial score (nSPS) is 30.1. The third-order valence-electron chi connectivity index (χ3n) is 8.60. The highest BCUT2D eigenvalue weighted by atomic mass is 16.3. The lowest BCUT2D eigenvalue weighted by Gasteiger charge is -2.52. The van der Waals surface area contributed by atoms with Crippen LogP contribution in [-0.2, 0) is 32.0 Å². The third kappa shape index (κ3) is 3.76. The Morgan fingerprint density at radius 2 is 1.90 bits per heavy atom. The van der Waals surface area contributed by atoms with Gasteiger partial charge in [-0.1, -0.05) is 19.4 Å². The van der Waals surface area contributed by atoms with E-state index < -0.39 is 64.4 Å². The van der Waals surface area contributed by atoms with E-state index in [-0.39, 0.29) is 24.2 Å². The second kappa shape index (κ2) is 9.46. The van der Waals surface area contributed by atoms with Gasteiger partial charge in [0.2, 0.25) is 5.91 Å². The number of carbonyl (C=O) groups excluding carboxylic acids is 5. The molecule has 5 rings (SSSR count). The zero-order valence-electron chi connectivity index (χ0n) is 22.0. The minimum Gasteiger partial charge on any atom is -0.507 e. The summed E-state index contributed by atoms with van der Waals surface area (Å²) in [6.45, 7) is 1.93. The van der Waals surface area contributed by atoms with Gasteiger partial charge in [0.1, 0.15) is 5.75 Å². The van der Waals surface area contributed by atoms with E-state index in [4.69, 9.17) is 5.73 Å². The maximum Gasteiger partial charge on any atom is 0.235 e. The number of aliphatic hydroxyl groups is 1. The van der Waals surface area contributed by atoms with Crippen LogP contribution in [0.15, 0.2) is 30.5 Å². The van der Waals surface area contributed by atoms with Gasteiger partial charge in [0.15, 0.2) is 34.7 Å². The molecule has 0 aliphatic heterocycles. The number of phenols is 1. The fraction of sp³-hybridized carbons (Fsp3) is 0.448. The van der Waals surface area contributed by atoms with E-state index in [1.807, 2.05) is 19.1 Å². The van der Waals surface area contributed by atoms with Crippen molar-refractivity contribution >= 4 is 29.0 Å². The number of hydrogen-bond donors (Lipinski definition) is 3. The third-order valence-corrected chi connectivity index (χ3v) is 8.60. The number of primary amides is 1. The lowest BCUT2D eigenvalue weighted by atomic mass is 9.52. The molecule has 1 amide bonds. The van der Waals surface area contributed by atoms with E-state index >= 15 is 0 Å². The van der Waals surface area contributed by atoms with E-state index in [1.54, 1.807) is 32.4 Å². The molecule has 10 nitrogen and oxygen atoms in total. The van der Waals surface area contributed by atoms with Crippen molar-refractivity contribution in [2.24, 2.45) is 29.4 Å². The lowest BCUT2D eigenvalue weighted by Crippen LogP contribution is -2.74. The van der Waals surface area contributed by atoms with Crippen molar-refractivity contribution in [2.45, 2.75) is 44.2 Å².